The van der Waals surface area contributed by atoms with Gasteiger partial charge in [-0.3, -0.25) is 9.88 Å². The van der Waals surface area contributed by atoms with Gasteiger partial charge in [0.05, 0.1) is 17.6 Å². The number of fused-ring (bicyclic) bond motifs is 1. The second-order valence-electron chi connectivity index (χ2n) is 5.00. The fourth-order valence-corrected chi connectivity index (χ4v) is 2.86. The Bertz CT molecular complexity index is 673. The highest BCUT2D eigenvalue weighted by Crippen LogP contribution is 2.33. The van der Waals surface area contributed by atoms with Crippen molar-refractivity contribution in [2.24, 2.45) is 0 Å². The van der Waals surface area contributed by atoms with Crippen molar-refractivity contribution in [3.63, 3.8) is 0 Å². The van der Waals surface area contributed by atoms with Crippen LogP contribution in [0.2, 0.25) is 5.02 Å². The summed E-state index contributed by atoms with van der Waals surface area (Å²) in [5.74, 6) is 0. The maximum Gasteiger partial charge on any atom is 0.326 e. The molecule has 0 saturated carbocycles. The molecule has 0 spiro atoms. The Labute approximate surface area is 128 Å². The first-order chi connectivity index (χ1) is 10.2. The van der Waals surface area contributed by atoms with Crippen molar-refractivity contribution < 1.29 is 4.79 Å². The fraction of sp³-hybridized carbons (Fsp3) is 0.250. The molecule has 2 amide bonds. The summed E-state index contributed by atoms with van der Waals surface area (Å²) in [6, 6.07) is 7.45. The molecule has 0 bridgehead atoms. The fourth-order valence-electron chi connectivity index (χ4n) is 2.57. The second-order valence-corrected chi connectivity index (χ2v) is 5.41. The molecule has 3 rings (SSSR count). The third-order valence-corrected chi connectivity index (χ3v) is 4.03. The van der Waals surface area contributed by atoms with E-state index in [2.05, 4.69) is 23.3 Å². The molecule has 21 heavy (non-hydrogen) atoms. The van der Waals surface area contributed by atoms with E-state index in [1.54, 1.807) is 23.4 Å². The van der Waals surface area contributed by atoms with Crippen LogP contribution < -0.4 is 10.2 Å². The highest BCUT2D eigenvalue weighted by molar-refractivity contribution is 6.31. The van der Waals surface area contributed by atoms with E-state index >= 15 is 0 Å². The number of carbonyl (C=O) groups excluding carboxylic acids is 1. The molecule has 0 saturated heterocycles. The number of aromatic nitrogens is 1. The summed E-state index contributed by atoms with van der Waals surface area (Å²) in [4.78, 5) is 18.1. The molecule has 0 aliphatic carbocycles. The van der Waals surface area contributed by atoms with E-state index in [1.807, 2.05) is 12.1 Å². The summed E-state index contributed by atoms with van der Waals surface area (Å²) in [6.45, 7) is 2.75. The molecule has 1 aliphatic rings. The van der Waals surface area contributed by atoms with E-state index < -0.39 is 0 Å². The smallest absolute Gasteiger partial charge is 0.306 e. The second kappa shape index (κ2) is 5.74. The number of benzene rings is 1. The average molecular weight is 302 g/mol. The zero-order chi connectivity index (χ0) is 14.8. The Balaban J connectivity index is 1.84. The van der Waals surface area contributed by atoms with Crippen LogP contribution in [0.15, 0.2) is 36.7 Å². The number of carbonyl (C=O) groups is 1. The van der Waals surface area contributed by atoms with E-state index in [9.17, 15) is 4.79 Å². The van der Waals surface area contributed by atoms with E-state index in [4.69, 9.17) is 11.6 Å². The van der Waals surface area contributed by atoms with Crippen LogP contribution in [0, 0.1) is 0 Å². The molecule has 2 aromatic rings. The number of pyridine rings is 1. The number of hydrogen-bond acceptors (Lipinski definition) is 2. The van der Waals surface area contributed by atoms with Gasteiger partial charge in [0.2, 0.25) is 0 Å². The molecule has 4 nitrogen and oxygen atoms in total. The first-order valence-electron chi connectivity index (χ1n) is 6.99. The minimum absolute atomic E-state index is 0.151. The lowest BCUT2D eigenvalue weighted by Crippen LogP contribution is -2.33. The van der Waals surface area contributed by atoms with Crippen LogP contribution in [0.25, 0.3) is 0 Å². The Hall–Kier alpha value is -2.07. The molecule has 1 N–H and O–H groups in total. The largest absolute Gasteiger partial charge is 0.326 e. The van der Waals surface area contributed by atoms with Gasteiger partial charge in [-0.1, -0.05) is 24.6 Å². The highest BCUT2D eigenvalue weighted by atomic mass is 35.5. The molecule has 1 aromatic carbocycles. The summed E-state index contributed by atoms with van der Waals surface area (Å²) >= 11 is 6.27. The lowest BCUT2D eigenvalue weighted by molar-refractivity contribution is 0.257. The van der Waals surface area contributed by atoms with Crippen molar-refractivity contribution >= 4 is 29.0 Å². The summed E-state index contributed by atoms with van der Waals surface area (Å²) < 4.78 is 0. The van der Waals surface area contributed by atoms with E-state index in [0.29, 0.717) is 12.2 Å². The van der Waals surface area contributed by atoms with Gasteiger partial charge in [0.1, 0.15) is 0 Å². The summed E-state index contributed by atoms with van der Waals surface area (Å²) in [5, 5.41) is 3.57. The SMILES string of the molecule is CCc1cc2c(cc1Cl)N(C(=O)Nc1cccnc1)CC2. The van der Waals surface area contributed by atoms with Crippen LogP contribution in [-0.4, -0.2) is 17.6 Å². The summed E-state index contributed by atoms with van der Waals surface area (Å²) in [5.41, 5.74) is 3.90. The number of aryl methyl sites for hydroxylation is 1. The molecule has 108 valence electrons. The monoisotopic (exact) mass is 301 g/mol. The van der Waals surface area contributed by atoms with E-state index in [1.165, 1.54) is 5.56 Å². The normalized spacial score (nSPS) is 13.1. The quantitative estimate of drug-likeness (QED) is 0.914. The van der Waals surface area contributed by atoms with Crippen LogP contribution in [0.5, 0.6) is 0 Å². The molecule has 5 heteroatoms. The van der Waals surface area contributed by atoms with Gasteiger partial charge in [-0.25, -0.2) is 4.79 Å². The summed E-state index contributed by atoms with van der Waals surface area (Å²) in [7, 11) is 0. The maximum atomic E-state index is 12.4. The van der Waals surface area contributed by atoms with Gasteiger partial charge in [0.15, 0.2) is 0 Å². The average Bonchev–Trinajstić information content (AvgIpc) is 2.90. The van der Waals surface area contributed by atoms with Gasteiger partial charge in [-0.2, -0.15) is 0 Å². The van der Waals surface area contributed by atoms with Crippen molar-refractivity contribution in [1.82, 2.24) is 4.98 Å². The number of hydrogen-bond donors (Lipinski definition) is 1. The molecule has 1 aromatic heterocycles. The van der Waals surface area contributed by atoms with Gasteiger partial charge in [-0.05, 0) is 42.2 Å². The molecule has 0 unspecified atom stereocenters. The molecule has 1 aliphatic heterocycles. The van der Waals surface area contributed by atoms with Crippen molar-refractivity contribution in [2.75, 3.05) is 16.8 Å². The number of rotatable bonds is 2. The Morgan fingerprint density at radius 2 is 2.33 bits per heavy atom. The van der Waals surface area contributed by atoms with Crippen LogP contribution in [0.1, 0.15) is 18.1 Å². The van der Waals surface area contributed by atoms with Crippen molar-refractivity contribution in [3.05, 3.63) is 52.8 Å². The number of nitrogens with zero attached hydrogens (tertiary/aromatic N) is 2. The van der Waals surface area contributed by atoms with Gasteiger partial charge >= 0.3 is 6.03 Å². The van der Waals surface area contributed by atoms with E-state index in [-0.39, 0.29) is 6.03 Å². The first kappa shape index (κ1) is 13.9. The van der Waals surface area contributed by atoms with Crippen molar-refractivity contribution in [3.8, 4) is 0 Å². The lowest BCUT2D eigenvalue weighted by Gasteiger charge is -2.18. The van der Waals surface area contributed by atoms with Crippen molar-refractivity contribution in [2.45, 2.75) is 19.8 Å². The molecular weight excluding hydrogens is 286 g/mol. The Kier molecular flexibility index (Phi) is 3.80. The van der Waals surface area contributed by atoms with Crippen LogP contribution >= 0.6 is 11.6 Å². The van der Waals surface area contributed by atoms with Gasteiger partial charge in [-0.15, -0.1) is 0 Å². The summed E-state index contributed by atoms with van der Waals surface area (Å²) in [6.07, 6.45) is 5.06. The van der Waals surface area contributed by atoms with Crippen molar-refractivity contribution in [1.29, 1.82) is 0 Å². The predicted molar refractivity (Wildman–Crippen MR) is 85.1 cm³/mol. The lowest BCUT2D eigenvalue weighted by atomic mass is 10.1. The third kappa shape index (κ3) is 2.72. The minimum Gasteiger partial charge on any atom is -0.306 e. The molecule has 0 radical (unpaired) electrons. The highest BCUT2D eigenvalue weighted by Gasteiger charge is 2.25. The first-order valence-corrected chi connectivity index (χ1v) is 7.36. The standard InChI is InChI=1S/C16H16ClN3O/c1-2-11-8-12-5-7-20(15(12)9-14(11)17)16(21)19-13-4-3-6-18-10-13/h3-4,6,8-10H,2,5,7H2,1H3,(H,19,21). The minimum atomic E-state index is -0.151. The molecule has 0 atom stereocenters. The van der Waals surface area contributed by atoms with E-state index in [0.717, 1.165) is 29.1 Å². The zero-order valence-corrected chi connectivity index (χ0v) is 12.5. The van der Waals surface area contributed by atoms with Gasteiger partial charge in [0.25, 0.3) is 0 Å². The number of urea groups is 1. The van der Waals surface area contributed by atoms with Crippen LogP contribution in [0.3, 0.4) is 0 Å². The van der Waals surface area contributed by atoms with Gasteiger partial charge < -0.3 is 5.32 Å². The van der Waals surface area contributed by atoms with Gasteiger partial charge in [0, 0.05) is 17.8 Å². The topological polar surface area (TPSA) is 45.2 Å². The maximum absolute atomic E-state index is 12.4. The predicted octanol–water partition coefficient (Wildman–Crippen LogP) is 3.89. The molecule has 2 heterocycles. The van der Waals surface area contributed by atoms with Crippen LogP contribution in [-0.2, 0) is 12.8 Å². The number of amides is 2. The number of halogens is 1. The zero-order valence-electron chi connectivity index (χ0n) is 11.8. The Morgan fingerprint density at radius 3 is 3.05 bits per heavy atom. The van der Waals surface area contributed by atoms with Crippen LogP contribution in [0.4, 0.5) is 16.2 Å². The number of anilines is 2. The molecular formula is C16H16ClN3O. The number of nitrogens with one attached hydrogen (secondary N) is 1. The third-order valence-electron chi connectivity index (χ3n) is 3.68. The Morgan fingerprint density at radius 1 is 1.48 bits per heavy atom. The molecule has 0 fully saturated rings.